The van der Waals surface area contributed by atoms with Crippen LogP contribution < -0.4 is 5.19 Å². The molecule has 158 valence electrons. The van der Waals surface area contributed by atoms with Crippen LogP contribution in [0.1, 0.15) is 71.6 Å². The van der Waals surface area contributed by atoms with Gasteiger partial charge in [-0.3, -0.25) is 0 Å². The summed E-state index contributed by atoms with van der Waals surface area (Å²) < 4.78 is 11.2. The molecule has 0 amide bonds. The Morgan fingerprint density at radius 2 is 1.39 bits per heavy atom. The fraction of sp³-hybridized carbons (Fsp3) is 0.680. The summed E-state index contributed by atoms with van der Waals surface area (Å²) in [7, 11) is -1.57. The highest BCUT2D eigenvalue weighted by molar-refractivity contribution is 6.96. The molecule has 1 aromatic carbocycles. The zero-order chi connectivity index (χ0) is 20.5. The number of benzene rings is 1. The summed E-state index contributed by atoms with van der Waals surface area (Å²) in [5, 5.41) is 1.44. The van der Waals surface area contributed by atoms with E-state index >= 15 is 0 Å². The molecule has 28 heavy (non-hydrogen) atoms. The molecule has 0 heterocycles. The van der Waals surface area contributed by atoms with Crippen LogP contribution in [0.5, 0.6) is 0 Å². The van der Waals surface area contributed by atoms with Gasteiger partial charge in [-0.25, -0.2) is 0 Å². The van der Waals surface area contributed by atoms with Crippen molar-refractivity contribution >= 4 is 13.3 Å². The number of rotatable bonds is 15. The Balaban J connectivity index is 1.90. The molecule has 0 aliphatic carbocycles. The summed E-state index contributed by atoms with van der Waals surface area (Å²) in [6, 6.07) is 10.8. The first-order valence-electron chi connectivity index (χ1n) is 11.3. The van der Waals surface area contributed by atoms with Gasteiger partial charge in [0, 0.05) is 26.2 Å². The third-order valence-corrected chi connectivity index (χ3v) is 7.45. The van der Waals surface area contributed by atoms with E-state index in [1.165, 1.54) is 50.1 Å². The largest absolute Gasteiger partial charge is 0.381 e. The van der Waals surface area contributed by atoms with Crippen molar-refractivity contribution in [2.24, 2.45) is 0 Å². The summed E-state index contributed by atoms with van der Waals surface area (Å²) in [5.41, 5.74) is 3.59. The van der Waals surface area contributed by atoms with Crippen molar-refractivity contribution in [2.45, 2.75) is 90.8 Å². The second-order valence-corrected chi connectivity index (χ2v) is 12.5. The average Bonchev–Trinajstić information content (AvgIpc) is 2.68. The van der Waals surface area contributed by atoms with Crippen LogP contribution in [0.3, 0.4) is 0 Å². The highest BCUT2D eigenvalue weighted by atomic mass is 28.3. The van der Waals surface area contributed by atoms with Crippen molar-refractivity contribution in [3.63, 3.8) is 0 Å². The first kappa shape index (κ1) is 25.0. The summed E-state index contributed by atoms with van der Waals surface area (Å²) >= 11 is 0. The van der Waals surface area contributed by atoms with Gasteiger partial charge < -0.3 is 9.47 Å². The molecule has 0 saturated heterocycles. The zero-order valence-electron chi connectivity index (χ0n) is 18.8. The molecule has 1 rings (SSSR count). The molecule has 0 aliphatic heterocycles. The molecule has 0 fully saturated rings. The Bertz CT molecular complexity index is 543. The topological polar surface area (TPSA) is 18.5 Å². The normalized spacial score (nSPS) is 11.5. The van der Waals surface area contributed by atoms with Crippen LogP contribution in [0.15, 0.2) is 30.3 Å². The third-order valence-electron chi connectivity index (χ3n) is 4.87. The van der Waals surface area contributed by atoms with E-state index in [0.717, 1.165) is 32.7 Å². The highest BCUT2D eigenvalue weighted by Gasteiger charge is 2.19. The first-order valence-corrected chi connectivity index (χ1v) is 14.3. The molecule has 0 bridgehead atoms. The fourth-order valence-electron chi connectivity index (χ4n) is 3.09. The molecule has 2 nitrogen and oxygen atoms in total. The van der Waals surface area contributed by atoms with Crippen LogP contribution in [0.25, 0.3) is 0 Å². The number of hydrogen-bond acceptors (Lipinski definition) is 2. The Morgan fingerprint density at radius 3 is 2.07 bits per heavy atom. The predicted octanol–water partition coefficient (Wildman–Crippen LogP) is 6.10. The van der Waals surface area contributed by atoms with E-state index in [-0.39, 0.29) is 0 Å². The van der Waals surface area contributed by atoms with Crippen molar-refractivity contribution in [3.05, 3.63) is 30.3 Å². The van der Waals surface area contributed by atoms with E-state index in [9.17, 15) is 0 Å². The molecule has 1 aromatic rings. The highest BCUT2D eigenvalue weighted by Crippen LogP contribution is 2.09. The van der Waals surface area contributed by atoms with Gasteiger partial charge in [0.25, 0.3) is 0 Å². The lowest BCUT2D eigenvalue weighted by atomic mass is 10.1. The maximum atomic E-state index is 5.65. The smallest absolute Gasteiger partial charge is 0.162 e. The lowest BCUT2D eigenvalue weighted by Crippen LogP contribution is -2.39. The van der Waals surface area contributed by atoms with Gasteiger partial charge in [-0.2, -0.15) is 0 Å². The lowest BCUT2D eigenvalue weighted by molar-refractivity contribution is 0.0507. The predicted molar refractivity (Wildman–Crippen MR) is 125 cm³/mol. The second kappa shape index (κ2) is 15.8. The maximum absolute atomic E-state index is 5.65. The minimum Gasteiger partial charge on any atom is -0.381 e. The molecular weight excluding hydrogens is 360 g/mol. The molecular formula is C25H42O2Si. The molecule has 0 aromatic heterocycles. The van der Waals surface area contributed by atoms with Gasteiger partial charge in [0.15, 0.2) is 8.07 Å². The summed E-state index contributed by atoms with van der Waals surface area (Å²) in [4.78, 5) is 0. The van der Waals surface area contributed by atoms with Crippen LogP contribution in [-0.4, -0.2) is 34.0 Å². The van der Waals surface area contributed by atoms with E-state index < -0.39 is 8.07 Å². The van der Waals surface area contributed by atoms with E-state index in [0.29, 0.717) is 6.10 Å². The van der Waals surface area contributed by atoms with Crippen LogP contribution in [-0.2, 0) is 9.47 Å². The number of unbranched alkanes of at least 4 members (excludes halogenated alkanes) is 7. The minimum absolute atomic E-state index is 0.329. The Morgan fingerprint density at radius 1 is 0.786 bits per heavy atom. The van der Waals surface area contributed by atoms with E-state index in [2.05, 4.69) is 68.7 Å². The molecule has 0 aliphatic rings. The minimum atomic E-state index is -1.57. The van der Waals surface area contributed by atoms with Crippen molar-refractivity contribution in [1.82, 2.24) is 0 Å². The first-order chi connectivity index (χ1) is 13.5. The van der Waals surface area contributed by atoms with Crippen molar-refractivity contribution in [3.8, 4) is 11.5 Å². The molecule has 3 heteroatoms. The van der Waals surface area contributed by atoms with Crippen LogP contribution in [0.2, 0.25) is 13.1 Å². The molecule has 0 atom stereocenters. The van der Waals surface area contributed by atoms with Crippen LogP contribution in [0.4, 0.5) is 0 Å². The van der Waals surface area contributed by atoms with Gasteiger partial charge in [0.2, 0.25) is 0 Å². The van der Waals surface area contributed by atoms with E-state index in [4.69, 9.17) is 9.47 Å². The quantitative estimate of drug-likeness (QED) is 0.200. The van der Waals surface area contributed by atoms with Crippen LogP contribution >= 0.6 is 0 Å². The van der Waals surface area contributed by atoms with Crippen LogP contribution in [0, 0.1) is 11.5 Å². The second-order valence-electron chi connectivity index (χ2n) is 8.40. The van der Waals surface area contributed by atoms with Gasteiger partial charge in [-0.15, -0.1) is 11.5 Å². The Labute approximate surface area is 175 Å². The Hall–Kier alpha value is -1.08. The van der Waals surface area contributed by atoms with Gasteiger partial charge in [0.1, 0.15) is 0 Å². The number of ether oxygens (including phenoxy) is 2. The SMILES string of the molecule is CC(C)OCCCOCCCCCCCCCC#C[Si](C)(C)c1ccccc1. The Kier molecular flexibility index (Phi) is 14.1. The molecule has 0 saturated carbocycles. The molecule has 0 spiro atoms. The van der Waals surface area contributed by atoms with Crippen molar-refractivity contribution in [1.29, 1.82) is 0 Å². The summed E-state index contributed by atoms with van der Waals surface area (Å²) in [6.45, 7) is 11.4. The van der Waals surface area contributed by atoms with Gasteiger partial charge >= 0.3 is 0 Å². The lowest BCUT2D eigenvalue weighted by Gasteiger charge is -2.14. The standard InChI is InChI=1S/C25H42O2Si/c1-24(2)27-22-17-21-26-20-15-10-8-6-5-7-9-11-16-23-28(3,4)25-18-13-12-14-19-25/h12-14,18-19,24H,5-11,15,17,20-22H2,1-4H3. The van der Waals surface area contributed by atoms with Gasteiger partial charge in [-0.05, 0) is 38.3 Å². The molecule has 0 radical (unpaired) electrons. The van der Waals surface area contributed by atoms with E-state index in [1.54, 1.807) is 0 Å². The summed E-state index contributed by atoms with van der Waals surface area (Å²) in [5.74, 6) is 3.46. The summed E-state index contributed by atoms with van der Waals surface area (Å²) in [6.07, 6.45) is 11.4. The maximum Gasteiger partial charge on any atom is 0.162 e. The van der Waals surface area contributed by atoms with Gasteiger partial charge in [-0.1, -0.05) is 75.5 Å². The van der Waals surface area contributed by atoms with Gasteiger partial charge in [0.05, 0.1) is 6.10 Å². The zero-order valence-corrected chi connectivity index (χ0v) is 19.8. The van der Waals surface area contributed by atoms with Crippen molar-refractivity contribution < 1.29 is 9.47 Å². The molecule has 0 unspecified atom stereocenters. The average molecular weight is 403 g/mol. The van der Waals surface area contributed by atoms with Crippen molar-refractivity contribution in [2.75, 3.05) is 19.8 Å². The number of hydrogen-bond donors (Lipinski definition) is 0. The fourth-order valence-corrected chi connectivity index (χ4v) is 4.83. The van der Waals surface area contributed by atoms with E-state index in [1.807, 2.05) is 0 Å². The third kappa shape index (κ3) is 13.2. The monoisotopic (exact) mass is 402 g/mol. The molecule has 0 N–H and O–H groups in total.